The maximum absolute atomic E-state index is 12.9. The molecule has 0 aliphatic carbocycles. The molecule has 0 N–H and O–H groups in total. The van der Waals surface area contributed by atoms with E-state index in [1.54, 1.807) is 23.1 Å². The van der Waals surface area contributed by atoms with Gasteiger partial charge in [0, 0.05) is 23.3 Å². The number of hydrogen-bond donors (Lipinski definition) is 0. The summed E-state index contributed by atoms with van der Waals surface area (Å²) in [6.45, 7) is 0. The zero-order chi connectivity index (χ0) is 16.9. The van der Waals surface area contributed by atoms with Crippen molar-refractivity contribution in [2.75, 3.05) is 0 Å². The van der Waals surface area contributed by atoms with E-state index >= 15 is 0 Å². The molecular weight excluding hydrogens is 384 g/mol. The highest BCUT2D eigenvalue weighted by molar-refractivity contribution is 7.97. The lowest BCUT2D eigenvalue weighted by molar-refractivity contribution is 0.627. The Kier molecular flexibility index (Phi) is 6.17. The van der Waals surface area contributed by atoms with Gasteiger partial charge in [-0.15, -0.1) is 11.3 Å². The van der Waals surface area contributed by atoms with Crippen LogP contribution in [0.15, 0.2) is 47.8 Å². The first-order valence-electron chi connectivity index (χ1n) is 7.29. The molecule has 2 aromatic carbocycles. The molecule has 3 rings (SSSR count). The Morgan fingerprint density at radius 1 is 0.958 bits per heavy atom. The zero-order valence-electron chi connectivity index (χ0n) is 12.6. The van der Waals surface area contributed by atoms with Crippen molar-refractivity contribution in [2.45, 2.75) is 17.9 Å². The first kappa shape index (κ1) is 17.7. The van der Waals surface area contributed by atoms with Gasteiger partial charge in [0.05, 0.1) is 20.7 Å². The van der Waals surface area contributed by atoms with E-state index in [-0.39, 0.29) is 5.82 Å². The van der Waals surface area contributed by atoms with Gasteiger partial charge < -0.3 is 0 Å². The van der Waals surface area contributed by atoms with Crippen molar-refractivity contribution >= 4 is 46.3 Å². The lowest BCUT2D eigenvalue weighted by atomic mass is 10.2. The fourth-order valence-electron chi connectivity index (χ4n) is 2.17. The molecule has 0 saturated heterocycles. The molecular formula is C18H14Cl2FNS2. The minimum Gasteiger partial charge on any atom is -0.245 e. The molecule has 6 heteroatoms. The van der Waals surface area contributed by atoms with Gasteiger partial charge in [-0.2, -0.15) is 11.8 Å². The van der Waals surface area contributed by atoms with E-state index in [9.17, 15) is 4.39 Å². The van der Waals surface area contributed by atoms with Crippen molar-refractivity contribution in [2.24, 2.45) is 0 Å². The number of rotatable bonds is 6. The van der Waals surface area contributed by atoms with E-state index in [0.29, 0.717) is 10.0 Å². The highest BCUT2D eigenvalue weighted by Crippen LogP contribution is 2.25. The molecule has 0 atom stereocenters. The molecule has 24 heavy (non-hydrogen) atoms. The van der Waals surface area contributed by atoms with Gasteiger partial charge in [0.1, 0.15) is 5.82 Å². The lowest BCUT2D eigenvalue weighted by Crippen LogP contribution is -1.89. The smallest absolute Gasteiger partial charge is 0.123 e. The number of thioether (sulfide) groups is 1. The maximum Gasteiger partial charge on any atom is 0.123 e. The van der Waals surface area contributed by atoms with Crippen molar-refractivity contribution in [3.63, 3.8) is 0 Å². The maximum atomic E-state index is 12.9. The fraction of sp³-hybridized carbons (Fsp3) is 0.167. The molecule has 1 heterocycles. The van der Waals surface area contributed by atoms with Crippen LogP contribution in [0.1, 0.15) is 21.8 Å². The lowest BCUT2D eigenvalue weighted by Gasteiger charge is -2.01. The average Bonchev–Trinajstić information content (AvgIpc) is 3.00. The topological polar surface area (TPSA) is 12.9 Å². The van der Waals surface area contributed by atoms with Crippen molar-refractivity contribution < 1.29 is 4.39 Å². The summed E-state index contributed by atoms with van der Waals surface area (Å²) in [5.74, 6) is 1.49. The van der Waals surface area contributed by atoms with Gasteiger partial charge in [0.2, 0.25) is 0 Å². The van der Waals surface area contributed by atoms with E-state index in [1.807, 2.05) is 30.3 Å². The molecule has 1 nitrogen and oxygen atoms in total. The van der Waals surface area contributed by atoms with Crippen molar-refractivity contribution in [3.8, 4) is 0 Å². The molecule has 0 bridgehead atoms. The second-order valence-corrected chi connectivity index (χ2v) is 8.02. The highest BCUT2D eigenvalue weighted by Gasteiger charge is 2.06. The molecule has 3 aromatic rings. The molecule has 0 radical (unpaired) electrons. The molecule has 0 saturated carbocycles. The molecule has 0 aliphatic rings. The summed E-state index contributed by atoms with van der Waals surface area (Å²) in [5, 5.41) is 4.29. The standard InChI is InChI=1S/C18H14Cl2FNS2/c19-16-6-3-13(7-17(16)20)8-18-22-15(11-24-18)10-23-9-12-1-4-14(21)5-2-12/h1-7,11H,8-10H2. The Hall–Kier alpha value is -1.07. The number of halogens is 3. The highest BCUT2D eigenvalue weighted by atomic mass is 35.5. The zero-order valence-corrected chi connectivity index (χ0v) is 15.8. The van der Waals surface area contributed by atoms with E-state index in [1.165, 1.54) is 12.1 Å². The van der Waals surface area contributed by atoms with Gasteiger partial charge in [-0.05, 0) is 35.4 Å². The normalized spacial score (nSPS) is 11.0. The number of thiazole rings is 1. The van der Waals surface area contributed by atoms with Gasteiger partial charge in [0.15, 0.2) is 0 Å². The van der Waals surface area contributed by atoms with E-state index in [4.69, 9.17) is 23.2 Å². The van der Waals surface area contributed by atoms with E-state index < -0.39 is 0 Å². The third kappa shape index (κ3) is 4.96. The molecule has 0 fully saturated rings. The van der Waals surface area contributed by atoms with Gasteiger partial charge in [-0.25, -0.2) is 9.37 Å². The molecule has 0 unspecified atom stereocenters. The third-order valence-electron chi connectivity index (χ3n) is 3.37. The Balaban J connectivity index is 1.53. The van der Waals surface area contributed by atoms with Gasteiger partial charge in [-0.1, -0.05) is 41.4 Å². The quantitative estimate of drug-likeness (QED) is 0.463. The Bertz CT molecular complexity index is 818. The van der Waals surface area contributed by atoms with Gasteiger partial charge in [0.25, 0.3) is 0 Å². The molecule has 0 amide bonds. The van der Waals surface area contributed by atoms with Crippen LogP contribution in [0.25, 0.3) is 0 Å². The fourth-order valence-corrected chi connectivity index (χ4v) is 4.32. The second kappa shape index (κ2) is 8.34. The largest absolute Gasteiger partial charge is 0.245 e. The van der Waals surface area contributed by atoms with Gasteiger partial charge in [-0.3, -0.25) is 0 Å². The summed E-state index contributed by atoms with van der Waals surface area (Å²) < 4.78 is 12.9. The Labute approximate surface area is 158 Å². The predicted molar refractivity (Wildman–Crippen MR) is 103 cm³/mol. The predicted octanol–water partition coefficient (Wildman–Crippen LogP) is 6.61. The average molecular weight is 398 g/mol. The minimum absolute atomic E-state index is 0.199. The van der Waals surface area contributed by atoms with E-state index in [2.05, 4.69) is 10.4 Å². The number of aromatic nitrogens is 1. The van der Waals surface area contributed by atoms with Crippen LogP contribution in [-0.4, -0.2) is 4.98 Å². The van der Waals surface area contributed by atoms with Crippen molar-refractivity contribution in [1.82, 2.24) is 4.98 Å². The van der Waals surface area contributed by atoms with Gasteiger partial charge >= 0.3 is 0 Å². The van der Waals surface area contributed by atoms with Crippen molar-refractivity contribution in [3.05, 3.63) is 85.5 Å². The first-order chi connectivity index (χ1) is 11.6. The van der Waals surface area contributed by atoms with Crippen LogP contribution in [0.3, 0.4) is 0 Å². The van der Waals surface area contributed by atoms with Crippen LogP contribution >= 0.6 is 46.3 Å². The Morgan fingerprint density at radius 2 is 1.71 bits per heavy atom. The number of benzene rings is 2. The van der Waals surface area contributed by atoms with Crippen LogP contribution in [0.5, 0.6) is 0 Å². The molecule has 0 spiro atoms. The molecule has 124 valence electrons. The van der Waals surface area contributed by atoms with Crippen molar-refractivity contribution in [1.29, 1.82) is 0 Å². The summed E-state index contributed by atoms with van der Waals surface area (Å²) >= 11 is 15.4. The summed E-state index contributed by atoms with van der Waals surface area (Å²) in [5.41, 5.74) is 3.29. The van der Waals surface area contributed by atoms with E-state index in [0.717, 1.165) is 39.8 Å². The summed E-state index contributed by atoms with van der Waals surface area (Å²) in [6, 6.07) is 12.3. The summed E-state index contributed by atoms with van der Waals surface area (Å²) in [6.07, 6.45) is 0.754. The van der Waals surface area contributed by atoms with Crippen LogP contribution in [0.4, 0.5) is 4.39 Å². The third-order valence-corrected chi connectivity index (χ3v) is 6.04. The number of nitrogens with zero attached hydrogens (tertiary/aromatic N) is 1. The van der Waals surface area contributed by atoms with Crippen LogP contribution < -0.4 is 0 Å². The monoisotopic (exact) mass is 397 g/mol. The minimum atomic E-state index is -0.199. The first-order valence-corrected chi connectivity index (χ1v) is 10.1. The SMILES string of the molecule is Fc1ccc(CSCc2csc(Cc3ccc(Cl)c(Cl)c3)n2)cc1. The molecule has 0 aliphatic heterocycles. The van der Waals surface area contributed by atoms with Crippen LogP contribution in [0.2, 0.25) is 10.0 Å². The number of hydrogen-bond acceptors (Lipinski definition) is 3. The van der Waals surface area contributed by atoms with Crippen LogP contribution in [0, 0.1) is 5.82 Å². The second-order valence-electron chi connectivity index (χ2n) is 5.28. The summed E-state index contributed by atoms with van der Waals surface area (Å²) in [7, 11) is 0. The Morgan fingerprint density at radius 3 is 2.46 bits per heavy atom. The molecule has 1 aromatic heterocycles. The van der Waals surface area contributed by atoms with Crippen LogP contribution in [-0.2, 0) is 17.9 Å². The summed E-state index contributed by atoms with van der Waals surface area (Å²) in [4.78, 5) is 4.66.